The summed E-state index contributed by atoms with van der Waals surface area (Å²) in [6.07, 6.45) is 1.06. The standard InChI is InChI=1S/C11H21NO4/c1-8(9-2-4-16-5-3-9)12-7-10(13)6-11(14)15/h8-10,12-13H,2-7H2,1H3,(H,14,15). The highest BCUT2D eigenvalue weighted by atomic mass is 16.5. The molecule has 0 aromatic heterocycles. The molecule has 1 aliphatic heterocycles. The highest BCUT2D eigenvalue weighted by Crippen LogP contribution is 2.18. The second kappa shape index (κ2) is 6.83. The van der Waals surface area contributed by atoms with Gasteiger partial charge in [0.2, 0.25) is 0 Å². The summed E-state index contributed by atoms with van der Waals surface area (Å²) in [6.45, 7) is 4.01. The van der Waals surface area contributed by atoms with Crippen molar-refractivity contribution in [3.8, 4) is 0 Å². The van der Waals surface area contributed by atoms with Crippen molar-refractivity contribution in [3.05, 3.63) is 0 Å². The van der Waals surface area contributed by atoms with Crippen LogP contribution in [-0.2, 0) is 9.53 Å². The van der Waals surface area contributed by atoms with Gasteiger partial charge >= 0.3 is 5.97 Å². The number of rotatable bonds is 6. The van der Waals surface area contributed by atoms with Crippen LogP contribution in [0.2, 0.25) is 0 Å². The lowest BCUT2D eigenvalue weighted by atomic mass is 9.93. The first-order valence-corrected chi connectivity index (χ1v) is 5.80. The zero-order valence-corrected chi connectivity index (χ0v) is 9.69. The lowest BCUT2D eigenvalue weighted by Gasteiger charge is -2.29. The fourth-order valence-electron chi connectivity index (χ4n) is 1.98. The van der Waals surface area contributed by atoms with Crippen LogP contribution in [0.25, 0.3) is 0 Å². The molecule has 0 spiro atoms. The number of aliphatic hydroxyl groups is 1. The molecule has 1 aliphatic rings. The van der Waals surface area contributed by atoms with E-state index in [1.807, 2.05) is 0 Å². The first kappa shape index (κ1) is 13.4. The van der Waals surface area contributed by atoms with Crippen LogP contribution >= 0.6 is 0 Å². The Balaban J connectivity index is 2.17. The Morgan fingerprint density at radius 1 is 1.50 bits per heavy atom. The Morgan fingerprint density at radius 2 is 2.12 bits per heavy atom. The van der Waals surface area contributed by atoms with Crippen molar-refractivity contribution in [1.29, 1.82) is 0 Å². The predicted molar refractivity (Wildman–Crippen MR) is 59.3 cm³/mol. The molecule has 16 heavy (non-hydrogen) atoms. The van der Waals surface area contributed by atoms with Gasteiger partial charge in [0.05, 0.1) is 12.5 Å². The van der Waals surface area contributed by atoms with Crippen LogP contribution in [0, 0.1) is 5.92 Å². The van der Waals surface area contributed by atoms with Crippen molar-refractivity contribution >= 4 is 5.97 Å². The predicted octanol–water partition coefficient (Wildman–Crippen LogP) is 0.227. The van der Waals surface area contributed by atoms with Gasteiger partial charge in [-0.05, 0) is 25.7 Å². The Hall–Kier alpha value is -0.650. The normalized spacial score (nSPS) is 21.6. The lowest BCUT2D eigenvalue weighted by molar-refractivity contribution is -0.139. The van der Waals surface area contributed by atoms with E-state index in [1.165, 1.54) is 0 Å². The van der Waals surface area contributed by atoms with Gasteiger partial charge in [-0.25, -0.2) is 0 Å². The molecule has 0 radical (unpaired) electrons. The summed E-state index contributed by atoms with van der Waals surface area (Å²) in [5.74, 6) is -0.404. The van der Waals surface area contributed by atoms with Crippen LogP contribution in [-0.4, -0.2) is 48.1 Å². The maximum atomic E-state index is 10.4. The molecule has 0 amide bonds. The number of aliphatic hydroxyl groups excluding tert-OH is 1. The molecule has 1 heterocycles. The molecule has 0 aliphatic carbocycles. The molecule has 0 aromatic carbocycles. The highest BCUT2D eigenvalue weighted by Gasteiger charge is 2.21. The third-order valence-corrected chi connectivity index (χ3v) is 3.06. The third-order valence-electron chi connectivity index (χ3n) is 3.06. The summed E-state index contributed by atoms with van der Waals surface area (Å²) in [4.78, 5) is 10.4. The number of hydrogen-bond acceptors (Lipinski definition) is 4. The van der Waals surface area contributed by atoms with E-state index in [1.54, 1.807) is 0 Å². The SMILES string of the molecule is CC(NCC(O)CC(=O)O)C1CCOCC1. The molecular formula is C11H21NO4. The minimum Gasteiger partial charge on any atom is -0.481 e. The number of ether oxygens (including phenoxy) is 1. The van der Waals surface area contributed by atoms with Crippen molar-refractivity contribution in [3.63, 3.8) is 0 Å². The van der Waals surface area contributed by atoms with Gasteiger partial charge in [0.1, 0.15) is 0 Å². The van der Waals surface area contributed by atoms with Crippen LogP contribution in [0.5, 0.6) is 0 Å². The van der Waals surface area contributed by atoms with Crippen molar-refractivity contribution in [2.75, 3.05) is 19.8 Å². The number of carbonyl (C=O) groups is 1. The quantitative estimate of drug-likeness (QED) is 0.609. The number of aliphatic carboxylic acids is 1. The summed E-state index contributed by atoms with van der Waals surface area (Å²) < 4.78 is 5.27. The minimum atomic E-state index is -0.965. The van der Waals surface area contributed by atoms with Crippen LogP contribution < -0.4 is 5.32 Å². The highest BCUT2D eigenvalue weighted by molar-refractivity contribution is 5.67. The van der Waals surface area contributed by atoms with E-state index < -0.39 is 12.1 Å². The first-order valence-electron chi connectivity index (χ1n) is 5.80. The van der Waals surface area contributed by atoms with Gasteiger partial charge < -0.3 is 20.3 Å². The molecule has 2 unspecified atom stereocenters. The molecule has 5 nitrogen and oxygen atoms in total. The van der Waals surface area contributed by atoms with E-state index in [0.29, 0.717) is 18.5 Å². The van der Waals surface area contributed by atoms with E-state index in [2.05, 4.69) is 12.2 Å². The lowest BCUT2D eigenvalue weighted by Crippen LogP contribution is -2.40. The van der Waals surface area contributed by atoms with E-state index in [0.717, 1.165) is 26.1 Å². The molecule has 1 rings (SSSR count). The average molecular weight is 231 g/mol. The number of carboxylic acids is 1. The molecule has 3 N–H and O–H groups in total. The molecule has 5 heteroatoms. The topological polar surface area (TPSA) is 78.8 Å². The van der Waals surface area contributed by atoms with Gasteiger partial charge in [0.15, 0.2) is 0 Å². The third kappa shape index (κ3) is 4.92. The van der Waals surface area contributed by atoms with E-state index in [4.69, 9.17) is 9.84 Å². The summed E-state index contributed by atoms with van der Waals surface area (Å²) in [5, 5.41) is 21.1. The van der Waals surface area contributed by atoms with Crippen molar-refractivity contribution in [1.82, 2.24) is 5.32 Å². The Bertz CT molecular complexity index is 216. The Labute approximate surface area is 95.8 Å². The summed E-state index contributed by atoms with van der Waals surface area (Å²) in [5.41, 5.74) is 0. The van der Waals surface area contributed by atoms with Crippen molar-refractivity contribution in [2.24, 2.45) is 5.92 Å². The van der Waals surface area contributed by atoms with Crippen molar-refractivity contribution < 1.29 is 19.7 Å². The Morgan fingerprint density at radius 3 is 2.69 bits per heavy atom. The largest absolute Gasteiger partial charge is 0.481 e. The van der Waals surface area contributed by atoms with E-state index in [9.17, 15) is 9.90 Å². The Kier molecular flexibility index (Phi) is 5.73. The second-order valence-electron chi connectivity index (χ2n) is 4.40. The van der Waals surface area contributed by atoms with Crippen LogP contribution in [0.1, 0.15) is 26.2 Å². The van der Waals surface area contributed by atoms with Crippen LogP contribution in [0.15, 0.2) is 0 Å². The van der Waals surface area contributed by atoms with Gasteiger partial charge in [-0.2, -0.15) is 0 Å². The first-order chi connectivity index (χ1) is 7.59. The average Bonchev–Trinajstić information content (AvgIpc) is 2.26. The van der Waals surface area contributed by atoms with Crippen LogP contribution in [0.3, 0.4) is 0 Å². The molecular weight excluding hydrogens is 210 g/mol. The van der Waals surface area contributed by atoms with Crippen LogP contribution in [0.4, 0.5) is 0 Å². The molecule has 0 saturated carbocycles. The second-order valence-corrected chi connectivity index (χ2v) is 4.40. The smallest absolute Gasteiger partial charge is 0.306 e. The van der Waals surface area contributed by atoms with Gasteiger partial charge in [-0.3, -0.25) is 4.79 Å². The fraction of sp³-hybridized carbons (Fsp3) is 0.909. The van der Waals surface area contributed by atoms with Gasteiger partial charge in [0.25, 0.3) is 0 Å². The monoisotopic (exact) mass is 231 g/mol. The molecule has 0 bridgehead atoms. The summed E-state index contributed by atoms with van der Waals surface area (Å²) in [6, 6.07) is 0.298. The number of hydrogen-bond donors (Lipinski definition) is 3. The zero-order chi connectivity index (χ0) is 12.0. The van der Waals surface area contributed by atoms with Gasteiger partial charge in [-0.15, -0.1) is 0 Å². The zero-order valence-electron chi connectivity index (χ0n) is 9.69. The van der Waals surface area contributed by atoms with E-state index in [-0.39, 0.29) is 6.42 Å². The molecule has 2 atom stereocenters. The number of nitrogens with one attached hydrogen (secondary N) is 1. The fourth-order valence-corrected chi connectivity index (χ4v) is 1.98. The van der Waals surface area contributed by atoms with Crippen molar-refractivity contribution in [2.45, 2.75) is 38.3 Å². The van der Waals surface area contributed by atoms with E-state index >= 15 is 0 Å². The molecule has 1 saturated heterocycles. The minimum absolute atomic E-state index is 0.201. The summed E-state index contributed by atoms with van der Waals surface area (Å²) >= 11 is 0. The maximum absolute atomic E-state index is 10.4. The summed E-state index contributed by atoms with van der Waals surface area (Å²) in [7, 11) is 0. The maximum Gasteiger partial charge on any atom is 0.306 e. The number of carboxylic acid groups (broad SMARTS) is 1. The molecule has 0 aromatic rings. The molecule has 1 fully saturated rings. The van der Waals surface area contributed by atoms with Gasteiger partial charge in [0, 0.05) is 25.8 Å². The van der Waals surface area contributed by atoms with Gasteiger partial charge in [-0.1, -0.05) is 0 Å². The molecule has 94 valence electrons.